The van der Waals surface area contributed by atoms with E-state index in [9.17, 15) is 27.1 Å². The van der Waals surface area contributed by atoms with E-state index in [4.69, 9.17) is 0 Å². The lowest BCUT2D eigenvalue weighted by atomic mass is 10.0. The Balaban J connectivity index is 1.91. The van der Waals surface area contributed by atoms with Gasteiger partial charge in [-0.2, -0.15) is 0 Å². The number of nitrogens with zero attached hydrogens (tertiary/aromatic N) is 4. The van der Waals surface area contributed by atoms with Crippen LogP contribution in [-0.4, -0.2) is 22.0 Å². The Hall–Kier alpha value is -3.50. The molecule has 28 heavy (non-hydrogen) atoms. The van der Waals surface area contributed by atoms with Gasteiger partial charge in [0.1, 0.15) is 5.75 Å². The summed E-state index contributed by atoms with van der Waals surface area (Å²) < 4.78 is 71.4. The van der Waals surface area contributed by atoms with Gasteiger partial charge in [-0.05, 0) is 17.7 Å². The maximum atomic E-state index is 14.4. The Labute approximate surface area is 154 Å². The number of rotatable bonds is 4. The van der Waals surface area contributed by atoms with E-state index < -0.39 is 35.2 Å². The Kier molecular flexibility index (Phi) is 4.99. The highest BCUT2D eigenvalue weighted by molar-refractivity contribution is 5.91. The molecular formula is C17H11F5N4O2. The van der Waals surface area contributed by atoms with Gasteiger partial charge in [-0.25, -0.2) is 8.78 Å². The van der Waals surface area contributed by atoms with Gasteiger partial charge in [0.15, 0.2) is 11.6 Å². The van der Waals surface area contributed by atoms with Crippen LogP contribution >= 0.6 is 0 Å². The zero-order valence-corrected chi connectivity index (χ0v) is 14.1. The normalized spacial score (nSPS) is 12.3. The van der Waals surface area contributed by atoms with Crippen molar-refractivity contribution >= 4 is 5.90 Å². The predicted molar refractivity (Wildman–Crippen MR) is 83.8 cm³/mol. The average molecular weight is 398 g/mol. The highest BCUT2D eigenvalue weighted by Crippen LogP contribution is 2.29. The van der Waals surface area contributed by atoms with Crippen molar-refractivity contribution in [3.8, 4) is 16.9 Å². The smallest absolute Gasteiger partial charge is 0.573 e. The summed E-state index contributed by atoms with van der Waals surface area (Å²) in [5.74, 6) is -4.29. The molecule has 0 radical (unpaired) electrons. The van der Waals surface area contributed by atoms with Crippen LogP contribution in [-0.2, 0) is 7.05 Å². The molecule has 3 aromatic rings. The van der Waals surface area contributed by atoms with Gasteiger partial charge in [0.25, 0.3) is 6.33 Å². The fourth-order valence-electron chi connectivity index (χ4n) is 2.35. The predicted octanol–water partition coefficient (Wildman–Crippen LogP) is 2.12. The molecule has 0 amide bonds. The molecule has 11 heteroatoms. The van der Waals surface area contributed by atoms with Gasteiger partial charge < -0.3 is 9.84 Å². The Bertz CT molecular complexity index is 1030. The third-order valence-electron chi connectivity index (χ3n) is 3.56. The highest BCUT2D eigenvalue weighted by atomic mass is 19.4. The topological polar surface area (TPSA) is 66.3 Å². The number of halogens is 5. The number of ether oxygens (including phenoxy) is 1. The molecule has 0 unspecified atom stereocenters. The Morgan fingerprint density at radius 1 is 1.11 bits per heavy atom. The molecule has 0 aliphatic rings. The van der Waals surface area contributed by atoms with Gasteiger partial charge in [0.05, 0.1) is 7.05 Å². The van der Waals surface area contributed by atoms with Gasteiger partial charge in [-0.3, -0.25) is 0 Å². The van der Waals surface area contributed by atoms with E-state index in [1.54, 1.807) is 7.05 Å². The lowest BCUT2D eigenvalue weighted by molar-refractivity contribution is -0.682. The maximum absolute atomic E-state index is 14.4. The van der Waals surface area contributed by atoms with E-state index in [1.807, 2.05) is 0 Å². The zero-order chi connectivity index (χ0) is 20.5. The van der Waals surface area contributed by atoms with E-state index in [0.29, 0.717) is 0 Å². The van der Waals surface area contributed by atoms with Gasteiger partial charge >= 0.3 is 6.36 Å². The second-order valence-corrected chi connectivity index (χ2v) is 5.57. The van der Waals surface area contributed by atoms with Crippen LogP contribution in [0.4, 0.5) is 22.0 Å². The monoisotopic (exact) mass is 398 g/mol. The third-order valence-corrected chi connectivity index (χ3v) is 3.56. The van der Waals surface area contributed by atoms with E-state index in [-0.39, 0.29) is 11.1 Å². The summed E-state index contributed by atoms with van der Waals surface area (Å²) in [6, 6.07) is 6.37. The molecule has 1 heterocycles. The van der Waals surface area contributed by atoms with Crippen molar-refractivity contribution in [2.45, 2.75) is 6.36 Å². The van der Waals surface area contributed by atoms with E-state index in [1.165, 1.54) is 17.3 Å². The van der Waals surface area contributed by atoms with Gasteiger partial charge in [0, 0.05) is 22.1 Å². The van der Waals surface area contributed by atoms with Crippen LogP contribution in [0.25, 0.3) is 11.1 Å². The summed E-state index contributed by atoms with van der Waals surface area (Å²) >= 11 is 0. The number of hydrogen-bond donors (Lipinski definition) is 0. The Morgan fingerprint density at radius 3 is 2.36 bits per heavy atom. The largest absolute Gasteiger partial charge is 0.856 e. The number of aromatic nitrogens is 3. The van der Waals surface area contributed by atoms with Crippen LogP contribution in [0, 0.1) is 11.6 Å². The molecular weight excluding hydrogens is 387 g/mol. The quantitative estimate of drug-likeness (QED) is 0.293. The zero-order valence-electron chi connectivity index (χ0n) is 14.1. The summed E-state index contributed by atoms with van der Waals surface area (Å²) in [7, 11) is 1.58. The summed E-state index contributed by atoms with van der Waals surface area (Å²) in [4.78, 5) is 0. The SMILES string of the molecule is Cn1c[n+](/N=C(\[O-])c2ccc(-c3ccc(OC(F)(F)F)cc3)c(F)c2F)cn1. The number of benzene rings is 2. The third kappa shape index (κ3) is 4.24. The number of alkyl halides is 3. The van der Waals surface area contributed by atoms with Crippen molar-refractivity contribution in [3.63, 3.8) is 0 Å². The Morgan fingerprint density at radius 2 is 1.79 bits per heavy atom. The molecule has 0 spiro atoms. The first-order valence-electron chi connectivity index (χ1n) is 7.64. The molecule has 0 saturated carbocycles. The minimum absolute atomic E-state index is 0.100. The molecule has 0 fully saturated rings. The number of hydrogen-bond acceptors (Lipinski definition) is 4. The van der Waals surface area contributed by atoms with Crippen LogP contribution in [0.3, 0.4) is 0 Å². The van der Waals surface area contributed by atoms with E-state index in [2.05, 4.69) is 14.9 Å². The van der Waals surface area contributed by atoms with Crippen LogP contribution in [0.15, 0.2) is 54.2 Å². The molecule has 146 valence electrons. The molecule has 0 aliphatic carbocycles. The molecule has 2 aromatic carbocycles. The van der Waals surface area contributed by atoms with Crippen LogP contribution in [0.1, 0.15) is 5.56 Å². The number of aryl methyl sites for hydroxylation is 1. The summed E-state index contributed by atoms with van der Waals surface area (Å²) in [6.45, 7) is 0. The second-order valence-electron chi connectivity index (χ2n) is 5.57. The summed E-state index contributed by atoms with van der Waals surface area (Å²) in [5, 5.41) is 19.4. The van der Waals surface area contributed by atoms with Gasteiger partial charge in [-0.1, -0.05) is 24.3 Å². The van der Waals surface area contributed by atoms with Crippen LogP contribution in [0.5, 0.6) is 5.75 Å². The van der Waals surface area contributed by atoms with Crippen molar-refractivity contribution in [3.05, 3.63) is 66.3 Å². The van der Waals surface area contributed by atoms with Crippen LogP contribution < -0.4 is 14.5 Å². The van der Waals surface area contributed by atoms with Crippen molar-refractivity contribution in [1.82, 2.24) is 9.78 Å². The average Bonchev–Trinajstić information content (AvgIpc) is 3.01. The lowest BCUT2D eigenvalue weighted by Gasteiger charge is -2.13. The summed E-state index contributed by atoms with van der Waals surface area (Å²) in [5.41, 5.74) is -0.736. The molecule has 0 saturated heterocycles. The van der Waals surface area contributed by atoms with Gasteiger partial charge in [-0.15, -0.1) is 27.6 Å². The van der Waals surface area contributed by atoms with Gasteiger partial charge in [0.2, 0.25) is 6.33 Å². The molecule has 0 N–H and O–H groups in total. The highest BCUT2D eigenvalue weighted by Gasteiger charge is 2.31. The minimum Gasteiger partial charge on any atom is -0.856 e. The molecule has 0 aliphatic heterocycles. The summed E-state index contributed by atoms with van der Waals surface area (Å²) in [6.07, 6.45) is -2.33. The fourth-order valence-corrected chi connectivity index (χ4v) is 2.35. The lowest BCUT2D eigenvalue weighted by Crippen LogP contribution is -2.33. The molecule has 0 bridgehead atoms. The molecule has 3 rings (SSSR count). The van der Waals surface area contributed by atoms with Crippen molar-refractivity contribution < 1.29 is 36.5 Å². The van der Waals surface area contributed by atoms with Crippen molar-refractivity contribution in [1.29, 1.82) is 0 Å². The molecule has 6 nitrogen and oxygen atoms in total. The first-order chi connectivity index (χ1) is 13.1. The molecule has 0 atom stereocenters. The first-order valence-corrected chi connectivity index (χ1v) is 7.64. The standard InChI is InChI=1S/C17H11F5N4O2/c1-25-9-26(8-23-25)24-16(27)13-7-6-12(14(18)15(13)19)10-2-4-11(5-3-10)28-17(20,21)22/h2-9H,1H3. The second kappa shape index (κ2) is 7.25. The van der Waals surface area contributed by atoms with E-state index >= 15 is 0 Å². The van der Waals surface area contributed by atoms with Crippen molar-refractivity contribution in [2.75, 3.05) is 0 Å². The fraction of sp³-hybridized carbons (Fsp3) is 0.118. The maximum Gasteiger partial charge on any atom is 0.573 e. The van der Waals surface area contributed by atoms with Crippen LogP contribution in [0.2, 0.25) is 0 Å². The minimum atomic E-state index is -4.86. The van der Waals surface area contributed by atoms with Crippen molar-refractivity contribution in [2.24, 2.45) is 12.1 Å². The molecule has 1 aromatic heterocycles. The first kappa shape index (κ1) is 19.3. The van der Waals surface area contributed by atoms with E-state index in [0.717, 1.165) is 41.1 Å².